The minimum absolute atomic E-state index is 0.0729. The molecule has 0 unspecified atom stereocenters. The van der Waals surface area contributed by atoms with Crippen LogP contribution in [0.4, 0.5) is 5.69 Å². The molecular weight excluding hydrogens is 340 g/mol. The van der Waals surface area contributed by atoms with Gasteiger partial charge in [-0.1, -0.05) is 17.7 Å². The number of rotatable bonds is 4. The molecule has 1 saturated heterocycles. The highest BCUT2D eigenvalue weighted by Gasteiger charge is 2.19. The molecular formula is C18H20N2O4S. The van der Waals surface area contributed by atoms with Crippen LogP contribution in [-0.2, 0) is 14.8 Å². The molecule has 1 N–H and O–H groups in total. The number of hydrogen-bond donors (Lipinski definition) is 1. The van der Waals surface area contributed by atoms with E-state index in [0.717, 1.165) is 5.56 Å². The van der Waals surface area contributed by atoms with Crippen molar-refractivity contribution >= 4 is 21.6 Å². The minimum atomic E-state index is -3.65. The highest BCUT2D eigenvalue weighted by Crippen LogP contribution is 2.18. The van der Waals surface area contributed by atoms with E-state index in [2.05, 4.69) is 4.72 Å². The molecule has 2 aromatic rings. The van der Waals surface area contributed by atoms with Crippen molar-refractivity contribution in [3.63, 3.8) is 0 Å². The Morgan fingerprint density at radius 1 is 1.00 bits per heavy atom. The van der Waals surface area contributed by atoms with E-state index in [9.17, 15) is 13.2 Å². The molecule has 1 heterocycles. The summed E-state index contributed by atoms with van der Waals surface area (Å²) in [6.45, 7) is 4.12. The Bertz CT molecular complexity index is 840. The van der Waals surface area contributed by atoms with Gasteiger partial charge in [0, 0.05) is 24.3 Å². The molecule has 0 saturated carbocycles. The molecule has 7 heteroatoms. The molecule has 0 aliphatic carbocycles. The molecule has 132 valence electrons. The summed E-state index contributed by atoms with van der Waals surface area (Å²) in [5, 5.41) is 0. The van der Waals surface area contributed by atoms with Crippen molar-refractivity contribution in [2.24, 2.45) is 0 Å². The predicted octanol–water partition coefficient (Wildman–Crippen LogP) is 2.27. The smallest absolute Gasteiger partial charge is 0.261 e. The van der Waals surface area contributed by atoms with Crippen LogP contribution in [0, 0.1) is 6.92 Å². The Labute approximate surface area is 147 Å². The van der Waals surface area contributed by atoms with Gasteiger partial charge in [-0.3, -0.25) is 9.52 Å². The van der Waals surface area contributed by atoms with Crippen LogP contribution in [0.3, 0.4) is 0 Å². The van der Waals surface area contributed by atoms with E-state index >= 15 is 0 Å². The van der Waals surface area contributed by atoms with Crippen LogP contribution < -0.4 is 4.72 Å². The number of carbonyl (C=O) groups excluding carboxylic acids is 1. The highest BCUT2D eigenvalue weighted by atomic mass is 32.2. The molecule has 1 aliphatic rings. The molecule has 1 amide bonds. The quantitative estimate of drug-likeness (QED) is 0.907. The Hall–Kier alpha value is -2.38. The number of nitrogens with one attached hydrogen (secondary N) is 1. The summed E-state index contributed by atoms with van der Waals surface area (Å²) in [6, 6.07) is 13.1. The number of sulfonamides is 1. The van der Waals surface area contributed by atoms with E-state index < -0.39 is 10.0 Å². The van der Waals surface area contributed by atoms with Crippen LogP contribution in [0.5, 0.6) is 0 Å². The first-order valence-corrected chi connectivity index (χ1v) is 9.51. The number of benzene rings is 2. The molecule has 0 bridgehead atoms. The Balaban J connectivity index is 1.71. The number of nitrogens with zero attached hydrogens (tertiary/aromatic N) is 1. The molecule has 6 nitrogen and oxygen atoms in total. The molecule has 0 atom stereocenters. The summed E-state index contributed by atoms with van der Waals surface area (Å²) in [5.74, 6) is -0.0729. The van der Waals surface area contributed by atoms with E-state index in [1.807, 2.05) is 6.92 Å². The van der Waals surface area contributed by atoms with Gasteiger partial charge < -0.3 is 9.64 Å². The van der Waals surface area contributed by atoms with Crippen molar-refractivity contribution in [1.29, 1.82) is 0 Å². The lowest BCUT2D eigenvalue weighted by Gasteiger charge is -2.26. The average molecular weight is 360 g/mol. The summed E-state index contributed by atoms with van der Waals surface area (Å²) < 4.78 is 32.5. The first kappa shape index (κ1) is 17.4. The van der Waals surface area contributed by atoms with E-state index in [-0.39, 0.29) is 10.8 Å². The molecule has 0 aromatic heterocycles. The minimum Gasteiger partial charge on any atom is -0.378 e. The lowest BCUT2D eigenvalue weighted by molar-refractivity contribution is 0.0303. The Kier molecular flexibility index (Phi) is 5.06. The fourth-order valence-electron chi connectivity index (χ4n) is 2.56. The summed E-state index contributed by atoms with van der Waals surface area (Å²) in [5.41, 5.74) is 1.93. The van der Waals surface area contributed by atoms with Crippen molar-refractivity contribution < 1.29 is 17.9 Å². The van der Waals surface area contributed by atoms with E-state index in [0.29, 0.717) is 37.6 Å². The van der Waals surface area contributed by atoms with Gasteiger partial charge >= 0.3 is 0 Å². The summed E-state index contributed by atoms with van der Waals surface area (Å²) >= 11 is 0. The van der Waals surface area contributed by atoms with Crippen LogP contribution >= 0.6 is 0 Å². The zero-order valence-electron chi connectivity index (χ0n) is 13.9. The van der Waals surface area contributed by atoms with Gasteiger partial charge in [-0.15, -0.1) is 0 Å². The summed E-state index contributed by atoms with van der Waals surface area (Å²) in [4.78, 5) is 14.3. The van der Waals surface area contributed by atoms with Crippen LogP contribution in [-0.4, -0.2) is 45.5 Å². The summed E-state index contributed by atoms with van der Waals surface area (Å²) in [7, 11) is -3.65. The van der Waals surface area contributed by atoms with Gasteiger partial charge in [-0.05, 0) is 43.3 Å². The average Bonchev–Trinajstić information content (AvgIpc) is 2.62. The van der Waals surface area contributed by atoms with Crippen LogP contribution in [0.2, 0.25) is 0 Å². The first-order valence-electron chi connectivity index (χ1n) is 8.02. The topological polar surface area (TPSA) is 75.7 Å². The summed E-state index contributed by atoms with van der Waals surface area (Å²) in [6.07, 6.45) is 0. The van der Waals surface area contributed by atoms with Crippen molar-refractivity contribution in [3.8, 4) is 0 Å². The lowest BCUT2D eigenvalue weighted by atomic mass is 10.2. The SMILES string of the molecule is Cc1ccc(S(=O)(=O)Nc2ccc(C(=O)N3CCOCC3)cc2)cc1. The molecule has 1 fully saturated rings. The second-order valence-electron chi connectivity index (χ2n) is 5.90. The molecule has 1 aliphatic heterocycles. The van der Waals surface area contributed by atoms with E-state index in [4.69, 9.17) is 4.74 Å². The van der Waals surface area contributed by atoms with Gasteiger partial charge in [0.2, 0.25) is 0 Å². The van der Waals surface area contributed by atoms with Crippen molar-refractivity contribution in [2.45, 2.75) is 11.8 Å². The Morgan fingerprint density at radius 3 is 2.20 bits per heavy atom. The zero-order valence-corrected chi connectivity index (χ0v) is 14.8. The number of carbonyl (C=O) groups is 1. The predicted molar refractivity (Wildman–Crippen MR) is 95.2 cm³/mol. The largest absolute Gasteiger partial charge is 0.378 e. The maximum atomic E-state index is 12.4. The highest BCUT2D eigenvalue weighted by molar-refractivity contribution is 7.92. The third-order valence-corrected chi connectivity index (χ3v) is 5.41. The number of anilines is 1. The molecule has 3 rings (SSSR count). The number of amides is 1. The molecule has 2 aromatic carbocycles. The van der Waals surface area contributed by atoms with Crippen molar-refractivity contribution in [3.05, 3.63) is 59.7 Å². The first-order chi connectivity index (χ1) is 12.0. The van der Waals surface area contributed by atoms with Gasteiger partial charge in [-0.25, -0.2) is 8.42 Å². The van der Waals surface area contributed by atoms with Crippen LogP contribution in [0.15, 0.2) is 53.4 Å². The standard InChI is InChI=1S/C18H20N2O4S/c1-14-2-8-17(9-3-14)25(22,23)19-16-6-4-15(5-7-16)18(21)20-10-12-24-13-11-20/h2-9,19H,10-13H2,1H3. The maximum Gasteiger partial charge on any atom is 0.261 e. The second kappa shape index (κ2) is 7.25. The van der Waals surface area contributed by atoms with Gasteiger partial charge in [0.1, 0.15) is 0 Å². The number of hydrogen-bond acceptors (Lipinski definition) is 4. The lowest BCUT2D eigenvalue weighted by Crippen LogP contribution is -2.40. The van der Waals surface area contributed by atoms with Gasteiger partial charge in [0.25, 0.3) is 15.9 Å². The number of morpholine rings is 1. The fraction of sp³-hybridized carbons (Fsp3) is 0.278. The van der Waals surface area contributed by atoms with Crippen LogP contribution in [0.1, 0.15) is 15.9 Å². The fourth-order valence-corrected chi connectivity index (χ4v) is 3.62. The number of ether oxygens (including phenoxy) is 1. The van der Waals surface area contributed by atoms with E-state index in [1.54, 1.807) is 53.4 Å². The number of aryl methyl sites for hydroxylation is 1. The van der Waals surface area contributed by atoms with Crippen molar-refractivity contribution in [2.75, 3.05) is 31.0 Å². The Morgan fingerprint density at radius 2 is 1.60 bits per heavy atom. The third kappa shape index (κ3) is 4.18. The molecule has 0 spiro atoms. The zero-order chi connectivity index (χ0) is 17.9. The van der Waals surface area contributed by atoms with Gasteiger partial charge in [-0.2, -0.15) is 0 Å². The monoisotopic (exact) mass is 360 g/mol. The van der Waals surface area contributed by atoms with Crippen molar-refractivity contribution in [1.82, 2.24) is 4.90 Å². The van der Waals surface area contributed by atoms with Crippen LogP contribution in [0.25, 0.3) is 0 Å². The normalized spacial score (nSPS) is 15.0. The van der Waals surface area contributed by atoms with Gasteiger partial charge in [0.05, 0.1) is 18.1 Å². The molecule has 25 heavy (non-hydrogen) atoms. The van der Waals surface area contributed by atoms with Gasteiger partial charge in [0.15, 0.2) is 0 Å². The molecule has 0 radical (unpaired) electrons. The maximum absolute atomic E-state index is 12.4. The third-order valence-electron chi connectivity index (χ3n) is 4.01. The second-order valence-corrected chi connectivity index (χ2v) is 7.58. The van der Waals surface area contributed by atoms with E-state index in [1.165, 1.54) is 0 Å².